The summed E-state index contributed by atoms with van der Waals surface area (Å²) in [4.78, 5) is 16.6. The second kappa shape index (κ2) is 9.34. The van der Waals surface area contributed by atoms with Crippen molar-refractivity contribution in [3.8, 4) is 22.8 Å². The minimum Gasteiger partial charge on any atom is -0.497 e. The molecular formula is C23H25N5O3. The normalized spacial score (nSPS) is 13.6. The molecule has 1 aliphatic heterocycles. The summed E-state index contributed by atoms with van der Waals surface area (Å²) < 4.78 is 10.5. The van der Waals surface area contributed by atoms with Gasteiger partial charge in [0.1, 0.15) is 11.5 Å². The van der Waals surface area contributed by atoms with E-state index >= 15 is 0 Å². The summed E-state index contributed by atoms with van der Waals surface area (Å²) in [6, 6.07) is 18.9. The van der Waals surface area contributed by atoms with Crippen LogP contribution in [0.5, 0.6) is 11.5 Å². The lowest BCUT2D eigenvalue weighted by molar-refractivity contribution is 0.208. The van der Waals surface area contributed by atoms with E-state index in [4.69, 9.17) is 9.47 Å². The summed E-state index contributed by atoms with van der Waals surface area (Å²) in [7, 11) is 3.23. The molecule has 0 bridgehead atoms. The summed E-state index contributed by atoms with van der Waals surface area (Å²) in [5, 5.41) is 11.7. The van der Waals surface area contributed by atoms with Crippen LogP contribution in [0.4, 0.5) is 16.3 Å². The number of hydrogen-bond donors (Lipinski definition) is 1. The van der Waals surface area contributed by atoms with Gasteiger partial charge in [-0.05, 0) is 48.5 Å². The number of rotatable bonds is 5. The van der Waals surface area contributed by atoms with Gasteiger partial charge in [0, 0.05) is 31.7 Å². The molecule has 1 saturated heterocycles. The van der Waals surface area contributed by atoms with Crippen molar-refractivity contribution < 1.29 is 14.3 Å². The zero-order chi connectivity index (χ0) is 21.6. The van der Waals surface area contributed by atoms with E-state index in [0.717, 1.165) is 22.8 Å². The lowest BCUT2D eigenvalue weighted by atomic mass is 10.1. The molecule has 0 atom stereocenters. The van der Waals surface area contributed by atoms with E-state index in [0.29, 0.717) is 37.6 Å². The van der Waals surface area contributed by atoms with Gasteiger partial charge in [0.05, 0.1) is 25.6 Å². The minimum absolute atomic E-state index is 0.134. The van der Waals surface area contributed by atoms with Crippen molar-refractivity contribution in [2.24, 2.45) is 0 Å². The Labute approximate surface area is 181 Å². The highest BCUT2D eigenvalue weighted by Gasteiger charge is 2.23. The Morgan fingerprint density at radius 3 is 2.26 bits per heavy atom. The van der Waals surface area contributed by atoms with Crippen LogP contribution >= 0.6 is 0 Å². The molecule has 2 heterocycles. The molecule has 0 spiro atoms. The first-order valence-corrected chi connectivity index (χ1v) is 10.1. The van der Waals surface area contributed by atoms with Crippen molar-refractivity contribution in [3.63, 3.8) is 0 Å². The summed E-state index contributed by atoms with van der Waals surface area (Å²) in [6.45, 7) is 2.58. The number of aromatic nitrogens is 2. The van der Waals surface area contributed by atoms with E-state index in [-0.39, 0.29) is 6.03 Å². The maximum absolute atomic E-state index is 12.6. The highest BCUT2D eigenvalue weighted by atomic mass is 16.5. The molecule has 1 N–H and O–H groups in total. The number of amides is 2. The second-order valence-corrected chi connectivity index (χ2v) is 7.11. The van der Waals surface area contributed by atoms with Crippen molar-refractivity contribution in [2.75, 3.05) is 50.6 Å². The third kappa shape index (κ3) is 4.69. The van der Waals surface area contributed by atoms with Gasteiger partial charge >= 0.3 is 6.03 Å². The van der Waals surface area contributed by atoms with Gasteiger partial charge in [-0.15, -0.1) is 10.2 Å². The third-order valence-corrected chi connectivity index (χ3v) is 5.28. The topological polar surface area (TPSA) is 79.8 Å². The average molecular weight is 419 g/mol. The van der Waals surface area contributed by atoms with Gasteiger partial charge in [0.2, 0.25) is 0 Å². The lowest BCUT2D eigenvalue weighted by Gasteiger charge is -2.35. The number of methoxy groups -OCH3 is 2. The number of nitrogens with one attached hydrogen (secondary N) is 1. The average Bonchev–Trinajstić information content (AvgIpc) is 2.84. The summed E-state index contributed by atoms with van der Waals surface area (Å²) in [5.74, 6) is 2.25. The van der Waals surface area contributed by atoms with E-state index in [1.165, 1.54) is 0 Å². The predicted octanol–water partition coefficient (Wildman–Crippen LogP) is 3.51. The van der Waals surface area contributed by atoms with Crippen LogP contribution in [0.2, 0.25) is 0 Å². The Morgan fingerprint density at radius 2 is 1.61 bits per heavy atom. The Kier molecular flexibility index (Phi) is 6.16. The quantitative estimate of drug-likeness (QED) is 0.682. The van der Waals surface area contributed by atoms with E-state index in [2.05, 4.69) is 20.4 Å². The fourth-order valence-electron chi connectivity index (χ4n) is 3.49. The molecule has 0 aliphatic carbocycles. The number of nitrogens with zero attached hydrogens (tertiary/aromatic N) is 4. The van der Waals surface area contributed by atoms with Crippen LogP contribution in [0.15, 0.2) is 60.7 Å². The van der Waals surface area contributed by atoms with E-state index < -0.39 is 0 Å². The van der Waals surface area contributed by atoms with Crippen molar-refractivity contribution in [3.05, 3.63) is 60.7 Å². The summed E-state index contributed by atoms with van der Waals surface area (Å²) >= 11 is 0. The van der Waals surface area contributed by atoms with Crippen LogP contribution in [0.25, 0.3) is 11.3 Å². The molecule has 2 amide bonds. The van der Waals surface area contributed by atoms with Crippen LogP contribution < -0.4 is 19.7 Å². The van der Waals surface area contributed by atoms with Gasteiger partial charge in [-0.3, -0.25) is 0 Å². The molecule has 1 aliphatic rings. The van der Waals surface area contributed by atoms with Gasteiger partial charge in [0.25, 0.3) is 0 Å². The standard InChI is InChI=1S/C23H25N5O3/c1-30-18-9-7-17(8-10-18)19-11-12-22(26-25-19)27-13-15-28(16-14-27)23(29)24-20-5-3-4-6-21(20)31-2/h3-12H,13-16H2,1-2H3,(H,24,29). The molecule has 3 aromatic rings. The predicted molar refractivity (Wildman–Crippen MR) is 120 cm³/mol. The first-order valence-electron chi connectivity index (χ1n) is 10.1. The molecule has 8 nitrogen and oxygen atoms in total. The van der Waals surface area contributed by atoms with E-state index in [1.54, 1.807) is 19.1 Å². The highest BCUT2D eigenvalue weighted by molar-refractivity contribution is 5.91. The van der Waals surface area contributed by atoms with Crippen molar-refractivity contribution in [2.45, 2.75) is 0 Å². The number of anilines is 2. The van der Waals surface area contributed by atoms with E-state index in [9.17, 15) is 4.79 Å². The van der Waals surface area contributed by atoms with Gasteiger partial charge in [0.15, 0.2) is 5.82 Å². The Hall–Kier alpha value is -3.81. The number of carbonyl (C=O) groups is 1. The smallest absolute Gasteiger partial charge is 0.322 e. The van der Waals surface area contributed by atoms with E-state index in [1.807, 2.05) is 60.7 Å². The maximum atomic E-state index is 12.6. The third-order valence-electron chi connectivity index (χ3n) is 5.28. The number of hydrogen-bond acceptors (Lipinski definition) is 6. The minimum atomic E-state index is -0.134. The number of carbonyl (C=O) groups excluding carboxylic acids is 1. The molecular weight excluding hydrogens is 394 g/mol. The Bertz CT molecular complexity index is 1020. The molecule has 1 aromatic heterocycles. The zero-order valence-corrected chi connectivity index (χ0v) is 17.6. The van der Waals surface area contributed by atoms with Crippen molar-refractivity contribution >= 4 is 17.5 Å². The largest absolute Gasteiger partial charge is 0.497 e. The number of urea groups is 1. The van der Waals surface area contributed by atoms with Crippen LogP contribution in [-0.4, -0.2) is 61.5 Å². The zero-order valence-electron chi connectivity index (χ0n) is 17.6. The molecule has 160 valence electrons. The molecule has 0 saturated carbocycles. The number of benzene rings is 2. The van der Waals surface area contributed by atoms with Gasteiger partial charge in [-0.1, -0.05) is 12.1 Å². The molecule has 2 aromatic carbocycles. The van der Waals surface area contributed by atoms with Crippen LogP contribution in [-0.2, 0) is 0 Å². The van der Waals surface area contributed by atoms with Gasteiger partial charge in [-0.2, -0.15) is 0 Å². The molecule has 0 unspecified atom stereocenters. The van der Waals surface area contributed by atoms with Crippen LogP contribution in [0, 0.1) is 0 Å². The van der Waals surface area contributed by atoms with Crippen molar-refractivity contribution in [1.82, 2.24) is 15.1 Å². The van der Waals surface area contributed by atoms with Crippen LogP contribution in [0.1, 0.15) is 0 Å². The first-order chi connectivity index (χ1) is 15.2. The number of para-hydroxylation sites is 2. The number of piperazine rings is 1. The molecule has 8 heteroatoms. The molecule has 4 rings (SSSR count). The second-order valence-electron chi connectivity index (χ2n) is 7.11. The van der Waals surface area contributed by atoms with Gasteiger partial charge in [-0.25, -0.2) is 4.79 Å². The first kappa shape index (κ1) is 20.5. The lowest BCUT2D eigenvalue weighted by Crippen LogP contribution is -2.50. The number of ether oxygens (including phenoxy) is 2. The monoisotopic (exact) mass is 419 g/mol. The molecule has 0 radical (unpaired) electrons. The van der Waals surface area contributed by atoms with Gasteiger partial charge < -0.3 is 24.6 Å². The maximum Gasteiger partial charge on any atom is 0.322 e. The molecule has 31 heavy (non-hydrogen) atoms. The van der Waals surface area contributed by atoms with Crippen LogP contribution in [0.3, 0.4) is 0 Å². The fraction of sp³-hybridized carbons (Fsp3) is 0.261. The fourth-order valence-corrected chi connectivity index (χ4v) is 3.49. The summed E-state index contributed by atoms with van der Waals surface area (Å²) in [6.07, 6.45) is 0. The SMILES string of the molecule is COc1ccc(-c2ccc(N3CCN(C(=O)Nc4ccccc4OC)CC3)nn2)cc1. The molecule has 1 fully saturated rings. The summed E-state index contributed by atoms with van der Waals surface area (Å²) in [5.41, 5.74) is 2.45. The Balaban J connectivity index is 1.34. The Morgan fingerprint density at radius 1 is 0.871 bits per heavy atom. The van der Waals surface area contributed by atoms with Crippen molar-refractivity contribution in [1.29, 1.82) is 0 Å². The highest BCUT2D eigenvalue weighted by Crippen LogP contribution is 2.24.